The van der Waals surface area contributed by atoms with Crippen LogP contribution in [0.2, 0.25) is 5.02 Å². The van der Waals surface area contributed by atoms with Gasteiger partial charge in [-0.15, -0.1) is 0 Å². The number of hydrogen-bond acceptors (Lipinski definition) is 5. The Kier molecular flexibility index (Phi) is 11.2. The molecule has 0 bridgehead atoms. The van der Waals surface area contributed by atoms with Gasteiger partial charge in [0.2, 0.25) is 0 Å². The van der Waals surface area contributed by atoms with Crippen LogP contribution in [0.5, 0.6) is 0 Å². The third-order valence-corrected chi connectivity index (χ3v) is 6.98. The number of benzene rings is 2. The van der Waals surface area contributed by atoms with Crippen molar-refractivity contribution in [1.29, 1.82) is 0 Å². The standard InChI is InChI=1S/C24H30ClN3O.C4H6O4/c25-22-11-10-18-12-14-26-15-13-21(18)23(22)27-16-17-6-8-19(9-7-17)24(29)28-20-4-2-1-3-5-20;5-3(6)1-2-4(7)8/h6-11,20,26-27H,1-5,12-16H2,(H,28,29);1-2H2,(H,5,6)(H,7,8). The number of hydrogen-bond donors (Lipinski definition) is 5. The van der Waals surface area contributed by atoms with E-state index in [2.05, 4.69) is 22.0 Å². The molecule has 8 nitrogen and oxygen atoms in total. The van der Waals surface area contributed by atoms with Crippen LogP contribution in [0, 0.1) is 0 Å². The molecule has 0 atom stereocenters. The van der Waals surface area contributed by atoms with Crippen LogP contribution in [-0.2, 0) is 29.0 Å². The summed E-state index contributed by atoms with van der Waals surface area (Å²) in [6.07, 6.45) is 7.36. The van der Waals surface area contributed by atoms with E-state index in [1.165, 1.54) is 30.4 Å². The lowest BCUT2D eigenvalue weighted by molar-refractivity contribution is -0.143. The Morgan fingerprint density at radius 2 is 1.54 bits per heavy atom. The molecule has 2 aliphatic rings. The Morgan fingerprint density at radius 1 is 0.892 bits per heavy atom. The summed E-state index contributed by atoms with van der Waals surface area (Å²) >= 11 is 6.50. The summed E-state index contributed by atoms with van der Waals surface area (Å²) in [4.78, 5) is 31.8. The molecule has 0 radical (unpaired) electrons. The summed E-state index contributed by atoms with van der Waals surface area (Å²) in [5, 5.41) is 26.7. The van der Waals surface area contributed by atoms with Crippen LogP contribution < -0.4 is 16.0 Å². The fraction of sp³-hybridized carbons (Fsp3) is 0.464. The third kappa shape index (κ3) is 9.37. The average Bonchev–Trinajstić information content (AvgIpc) is 3.14. The maximum atomic E-state index is 12.5. The van der Waals surface area contributed by atoms with Gasteiger partial charge in [-0.25, -0.2) is 0 Å². The monoisotopic (exact) mass is 529 g/mol. The van der Waals surface area contributed by atoms with Gasteiger partial charge >= 0.3 is 11.9 Å². The Bertz CT molecular complexity index is 1050. The molecule has 0 unspecified atom stereocenters. The zero-order valence-corrected chi connectivity index (χ0v) is 21.8. The molecule has 1 amide bonds. The third-order valence-electron chi connectivity index (χ3n) is 6.66. The lowest BCUT2D eigenvalue weighted by atomic mass is 9.95. The Balaban J connectivity index is 0.000000414. The van der Waals surface area contributed by atoms with Crippen LogP contribution in [0.3, 0.4) is 0 Å². The first kappa shape index (κ1) is 28.5. The van der Waals surface area contributed by atoms with Gasteiger partial charge in [-0.2, -0.15) is 0 Å². The van der Waals surface area contributed by atoms with Crippen molar-refractivity contribution >= 4 is 35.1 Å². The minimum atomic E-state index is -1.08. The molecule has 1 fully saturated rings. The van der Waals surface area contributed by atoms with E-state index in [0.29, 0.717) is 12.6 Å². The molecule has 1 aliphatic heterocycles. The number of fused-ring (bicyclic) bond motifs is 1. The maximum Gasteiger partial charge on any atom is 0.303 e. The van der Waals surface area contributed by atoms with Crippen LogP contribution in [-0.4, -0.2) is 47.2 Å². The fourth-order valence-corrected chi connectivity index (χ4v) is 4.87. The van der Waals surface area contributed by atoms with Crippen molar-refractivity contribution in [3.8, 4) is 0 Å². The average molecular weight is 530 g/mol. The number of carbonyl (C=O) groups excluding carboxylic acids is 1. The van der Waals surface area contributed by atoms with Gasteiger partial charge in [-0.3, -0.25) is 14.4 Å². The van der Waals surface area contributed by atoms with E-state index in [9.17, 15) is 14.4 Å². The SMILES string of the molecule is O=C(NC1CCCCC1)c1ccc(CNc2c(Cl)ccc3c2CCNCC3)cc1.O=C(O)CCC(=O)O. The predicted octanol–water partition coefficient (Wildman–Crippen LogP) is 4.64. The Hall–Kier alpha value is -3.10. The zero-order chi connectivity index (χ0) is 26.6. The molecule has 0 aromatic heterocycles. The maximum absolute atomic E-state index is 12.5. The molecule has 1 heterocycles. The van der Waals surface area contributed by atoms with Gasteiger partial charge < -0.3 is 26.2 Å². The van der Waals surface area contributed by atoms with E-state index in [0.717, 1.165) is 60.6 Å². The molecule has 2 aromatic rings. The largest absolute Gasteiger partial charge is 0.481 e. The van der Waals surface area contributed by atoms with Gasteiger partial charge in [0.1, 0.15) is 0 Å². The van der Waals surface area contributed by atoms with Crippen molar-refractivity contribution in [2.24, 2.45) is 0 Å². The van der Waals surface area contributed by atoms with Crippen molar-refractivity contribution in [3.63, 3.8) is 0 Å². The Morgan fingerprint density at radius 3 is 2.19 bits per heavy atom. The van der Waals surface area contributed by atoms with Gasteiger partial charge in [0.25, 0.3) is 5.91 Å². The van der Waals surface area contributed by atoms with Crippen LogP contribution in [0.15, 0.2) is 36.4 Å². The molecule has 9 heteroatoms. The second kappa shape index (κ2) is 14.6. The van der Waals surface area contributed by atoms with E-state index < -0.39 is 11.9 Å². The smallest absolute Gasteiger partial charge is 0.303 e. The first-order valence-electron chi connectivity index (χ1n) is 12.9. The number of rotatable bonds is 8. The summed E-state index contributed by atoms with van der Waals surface area (Å²) < 4.78 is 0. The first-order chi connectivity index (χ1) is 17.8. The minimum Gasteiger partial charge on any atom is -0.481 e. The molecule has 0 spiro atoms. The minimum absolute atomic E-state index is 0.0420. The molecule has 2 aromatic carbocycles. The van der Waals surface area contributed by atoms with E-state index in [-0.39, 0.29) is 18.7 Å². The van der Waals surface area contributed by atoms with Gasteiger partial charge in [0.15, 0.2) is 0 Å². The van der Waals surface area contributed by atoms with Crippen LogP contribution >= 0.6 is 11.6 Å². The number of carboxylic acids is 2. The number of amides is 1. The second-order valence-electron chi connectivity index (χ2n) is 9.46. The summed E-state index contributed by atoms with van der Waals surface area (Å²) in [7, 11) is 0. The summed E-state index contributed by atoms with van der Waals surface area (Å²) in [6, 6.07) is 12.4. The summed E-state index contributed by atoms with van der Waals surface area (Å²) in [6.45, 7) is 2.68. The molecule has 4 rings (SSSR count). The van der Waals surface area contributed by atoms with Crippen LogP contribution in [0.25, 0.3) is 0 Å². The van der Waals surface area contributed by atoms with Crippen molar-refractivity contribution in [2.75, 3.05) is 18.4 Å². The van der Waals surface area contributed by atoms with Crippen molar-refractivity contribution in [2.45, 2.75) is 70.4 Å². The number of anilines is 1. The van der Waals surface area contributed by atoms with Gasteiger partial charge in [-0.05, 0) is 73.7 Å². The lowest BCUT2D eigenvalue weighted by Gasteiger charge is -2.22. The highest BCUT2D eigenvalue weighted by Crippen LogP contribution is 2.31. The number of carboxylic acid groups (broad SMARTS) is 2. The van der Waals surface area contributed by atoms with E-state index in [1.807, 2.05) is 30.3 Å². The highest BCUT2D eigenvalue weighted by Gasteiger charge is 2.17. The highest BCUT2D eigenvalue weighted by atomic mass is 35.5. The van der Waals surface area contributed by atoms with Gasteiger partial charge in [0.05, 0.1) is 23.6 Å². The van der Waals surface area contributed by atoms with Crippen molar-refractivity contribution in [1.82, 2.24) is 10.6 Å². The van der Waals surface area contributed by atoms with Gasteiger partial charge in [-0.1, -0.05) is 49.1 Å². The van der Waals surface area contributed by atoms with Crippen molar-refractivity contribution in [3.05, 3.63) is 63.7 Å². The number of nitrogens with one attached hydrogen (secondary N) is 3. The molecule has 200 valence electrons. The number of halogens is 1. The normalized spacial score (nSPS) is 15.4. The van der Waals surface area contributed by atoms with E-state index >= 15 is 0 Å². The first-order valence-corrected chi connectivity index (χ1v) is 13.3. The topological polar surface area (TPSA) is 128 Å². The van der Waals surface area contributed by atoms with E-state index in [1.54, 1.807) is 0 Å². The molecule has 1 aliphatic carbocycles. The predicted molar refractivity (Wildman–Crippen MR) is 144 cm³/mol. The fourth-order valence-electron chi connectivity index (χ4n) is 4.63. The molecular formula is C28H36ClN3O5. The zero-order valence-electron chi connectivity index (χ0n) is 21.0. The van der Waals surface area contributed by atoms with Crippen molar-refractivity contribution < 1.29 is 24.6 Å². The molecule has 1 saturated carbocycles. The Labute approximate surface area is 222 Å². The number of carbonyl (C=O) groups is 3. The lowest BCUT2D eigenvalue weighted by Crippen LogP contribution is -2.36. The number of aliphatic carboxylic acids is 2. The molecule has 37 heavy (non-hydrogen) atoms. The second-order valence-corrected chi connectivity index (χ2v) is 9.86. The summed E-state index contributed by atoms with van der Waals surface area (Å²) in [5.74, 6) is -2.11. The van der Waals surface area contributed by atoms with Gasteiger partial charge in [0, 0.05) is 18.2 Å². The quantitative estimate of drug-likeness (QED) is 0.337. The van der Waals surface area contributed by atoms with E-state index in [4.69, 9.17) is 21.8 Å². The highest BCUT2D eigenvalue weighted by molar-refractivity contribution is 6.33. The van der Waals surface area contributed by atoms with Crippen LogP contribution in [0.1, 0.15) is 72.0 Å². The van der Waals surface area contributed by atoms with Crippen LogP contribution in [0.4, 0.5) is 5.69 Å². The molecule has 0 saturated heterocycles. The molecule has 5 N–H and O–H groups in total. The molecular weight excluding hydrogens is 494 g/mol. The summed E-state index contributed by atoms with van der Waals surface area (Å²) in [5.41, 5.74) is 5.62.